The standard InChI is InChI=1S/C22H29FN4O2/c1-16-21(17(2)29-24-16)14-22(28)26-10-3-9-25(12-13-26)20-8-11-27(15-20)19-6-4-18(23)5-7-19/h4-7,20H,3,8-15H2,1-2H3. The molecule has 1 aromatic carbocycles. The Morgan fingerprint density at radius 2 is 1.93 bits per heavy atom. The van der Waals surface area contributed by atoms with Crippen molar-refractivity contribution in [2.45, 2.75) is 39.2 Å². The fourth-order valence-corrected chi connectivity index (χ4v) is 4.50. The minimum Gasteiger partial charge on any atom is -0.370 e. The molecule has 2 aromatic rings. The van der Waals surface area contributed by atoms with Crippen LogP contribution in [0.1, 0.15) is 29.9 Å². The number of carbonyl (C=O) groups excluding carboxylic acids is 1. The van der Waals surface area contributed by atoms with Crippen LogP contribution in [0.3, 0.4) is 0 Å². The topological polar surface area (TPSA) is 52.8 Å². The molecule has 0 saturated carbocycles. The first-order valence-electron chi connectivity index (χ1n) is 10.5. The molecule has 1 atom stereocenters. The number of halogens is 1. The third-order valence-electron chi connectivity index (χ3n) is 6.26. The van der Waals surface area contributed by atoms with E-state index in [9.17, 15) is 9.18 Å². The van der Waals surface area contributed by atoms with E-state index < -0.39 is 0 Å². The maximum absolute atomic E-state index is 13.2. The molecule has 0 bridgehead atoms. The zero-order chi connectivity index (χ0) is 20.4. The molecule has 7 heteroatoms. The minimum absolute atomic E-state index is 0.153. The molecule has 29 heavy (non-hydrogen) atoms. The summed E-state index contributed by atoms with van der Waals surface area (Å²) < 4.78 is 18.4. The van der Waals surface area contributed by atoms with Crippen molar-refractivity contribution in [1.82, 2.24) is 15.0 Å². The number of hydrogen-bond acceptors (Lipinski definition) is 5. The fourth-order valence-electron chi connectivity index (χ4n) is 4.50. The molecular weight excluding hydrogens is 371 g/mol. The number of anilines is 1. The Hall–Kier alpha value is -2.41. The lowest BCUT2D eigenvalue weighted by Gasteiger charge is -2.28. The molecule has 4 rings (SSSR count). The van der Waals surface area contributed by atoms with Gasteiger partial charge in [0.05, 0.1) is 12.1 Å². The molecule has 2 fully saturated rings. The van der Waals surface area contributed by atoms with E-state index in [2.05, 4.69) is 15.0 Å². The van der Waals surface area contributed by atoms with Crippen molar-refractivity contribution in [3.8, 4) is 0 Å². The normalized spacial score (nSPS) is 20.9. The highest BCUT2D eigenvalue weighted by molar-refractivity contribution is 5.79. The fraction of sp³-hybridized carbons (Fsp3) is 0.545. The van der Waals surface area contributed by atoms with Crippen molar-refractivity contribution in [3.63, 3.8) is 0 Å². The summed E-state index contributed by atoms with van der Waals surface area (Å²) in [5, 5.41) is 3.95. The third kappa shape index (κ3) is 4.45. The van der Waals surface area contributed by atoms with Gasteiger partial charge in [-0.1, -0.05) is 5.16 Å². The van der Waals surface area contributed by atoms with Crippen LogP contribution in [0.2, 0.25) is 0 Å². The van der Waals surface area contributed by atoms with E-state index in [-0.39, 0.29) is 11.7 Å². The van der Waals surface area contributed by atoms with Crippen molar-refractivity contribution in [3.05, 3.63) is 47.1 Å². The molecule has 2 aliphatic rings. The quantitative estimate of drug-likeness (QED) is 0.790. The second kappa shape index (κ2) is 8.53. The predicted molar refractivity (Wildman–Crippen MR) is 109 cm³/mol. The second-order valence-electron chi connectivity index (χ2n) is 8.11. The average molecular weight is 400 g/mol. The summed E-state index contributed by atoms with van der Waals surface area (Å²) in [4.78, 5) is 19.6. The SMILES string of the molecule is Cc1noc(C)c1CC(=O)N1CCCN(C2CCN(c3ccc(F)cc3)C2)CC1. The van der Waals surface area contributed by atoms with Crippen molar-refractivity contribution < 1.29 is 13.7 Å². The Balaban J connectivity index is 1.32. The predicted octanol–water partition coefficient (Wildman–Crippen LogP) is 2.79. The van der Waals surface area contributed by atoms with Gasteiger partial charge in [0.25, 0.3) is 0 Å². The van der Waals surface area contributed by atoms with Gasteiger partial charge in [-0.2, -0.15) is 0 Å². The molecule has 0 N–H and O–H groups in total. The van der Waals surface area contributed by atoms with E-state index in [0.29, 0.717) is 12.5 Å². The number of amides is 1. The molecule has 1 amide bonds. The Labute approximate surface area is 171 Å². The molecule has 3 heterocycles. The molecule has 156 valence electrons. The molecule has 0 aliphatic carbocycles. The molecule has 2 aliphatic heterocycles. The lowest BCUT2D eigenvalue weighted by molar-refractivity contribution is -0.130. The first-order valence-corrected chi connectivity index (χ1v) is 10.5. The summed E-state index contributed by atoms with van der Waals surface area (Å²) in [6, 6.07) is 7.25. The highest BCUT2D eigenvalue weighted by atomic mass is 19.1. The Morgan fingerprint density at radius 3 is 2.66 bits per heavy atom. The monoisotopic (exact) mass is 400 g/mol. The number of aryl methyl sites for hydroxylation is 2. The van der Waals surface area contributed by atoms with Gasteiger partial charge in [-0.05, 0) is 51.0 Å². The number of benzene rings is 1. The van der Waals surface area contributed by atoms with E-state index in [1.165, 1.54) is 12.1 Å². The molecule has 1 aromatic heterocycles. The lowest BCUT2D eigenvalue weighted by Crippen LogP contribution is -2.41. The number of rotatable bonds is 4. The molecular formula is C22H29FN4O2. The van der Waals surface area contributed by atoms with E-state index in [1.807, 2.05) is 30.9 Å². The first kappa shape index (κ1) is 19.9. The Morgan fingerprint density at radius 1 is 1.14 bits per heavy atom. The van der Waals surface area contributed by atoms with Crippen LogP contribution in [-0.4, -0.2) is 66.2 Å². The molecule has 1 unspecified atom stereocenters. The number of aromatic nitrogens is 1. The van der Waals surface area contributed by atoms with E-state index in [0.717, 1.165) is 74.8 Å². The van der Waals surface area contributed by atoms with E-state index in [4.69, 9.17) is 4.52 Å². The van der Waals surface area contributed by atoms with Gasteiger partial charge < -0.3 is 14.3 Å². The van der Waals surface area contributed by atoms with E-state index in [1.54, 1.807) is 0 Å². The van der Waals surface area contributed by atoms with Gasteiger partial charge in [-0.25, -0.2) is 4.39 Å². The van der Waals surface area contributed by atoms with E-state index >= 15 is 0 Å². The van der Waals surface area contributed by atoms with Crippen molar-refractivity contribution in [2.75, 3.05) is 44.2 Å². The van der Waals surface area contributed by atoms with Crippen LogP contribution in [0, 0.1) is 19.7 Å². The molecule has 6 nitrogen and oxygen atoms in total. The maximum atomic E-state index is 13.2. The second-order valence-corrected chi connectivity index (χ2v) is 8.11. The van der Waals surface area contributed by atoms with Gasteiger partial charge >= 0.3 is 0 Å². The lowest BCUT2D eigenvalue weighted by atomic mass is 10.1. The number of hydrogen-bond donors (Lipinski definition) is 0. The molecule has 2 saturated heterocycles. The van der Waals surface area contributed by atoms with Gasteiger partial charge in [0, 0.05) is 56.6 Å². The van der Waals surface area contributed by atoms with Crippen LogP contribution >= 0.6 is 0 Å². The zero-order valence-electron chi connectivity index (χ0n) is 17.2. The van der Waals surface area contributed by atoms with Crippen molar-refractivity contribution in [2.24, 2.45) is 0 Å². The first-order chi connectivity index (χ1) is 14.0. The summed E-state index contributed by atoms with van der Waals surface area (Å²) in [6.07, 6.45) is 2.45. The van der Waals surface area contributed by atoms with Gasteiger partial charge in [0.15, 0.2) is 0 Å². The van der Waals surface area contributed by atoms with Crippen molar-refractivity contribution >= 4 is 11.6 Å². The Kier molecular flexibility index (Phi) is 5.85. The highest BCUT2D eigenvalue weighted by Gasteiger charge is 2.30. The van der Waals surface area contributed by atoms with Gasteiger partial charge in [-0.15, -0.1) is 0 Å². The number of carbonyl (C=O) groups is 1. The Bertz CT molecular complexity index is 831. The maximum Gasteiger partial charge on any atom is 0.227 e. The third-order valence-corrected chi connectivity index (χ3v) is 6.26. The van der Waals surface area contributed by atoms with Crippen LogP contribution in [0.25, 0.3) is 0 Å². The molecule has 0 spiro atoms. The van der Waals surface area contributed by atoms with Gasteiger partial charge in [0.2, 0.25) is 5.91 Å². The summed E-state index contributed by atoms with van der Waals surface area (Å²) in [6.45, 7) is 9.16. The van der Waals surface area contributed by atoms with Crippen LogP contribution in [0.5, 0.6) is 0 Å². The minimum atomic E-state index is -0.196. The number of nitrogens with zero attached hydrogens (tertiary/aromatic N) is 4. The summed E-state index contributed by atoms with van der Waals surface area (Å²) in [7, 11) is 0. The van der Waals surface area contributed by atoms with Gasteiger partial charge in [0.1, 0.15) is 11.6 Å². The van der Waals surface area contributed by atoms with Crippen LogP contribution in [0.4, 0.5) is 10.1 Å². The van der Waals surface area contributed by atoms with Crippen LogP contribution < -0.4 is 4.90 Å². The summed E-state index contributed by atoms with van der Waals surface area (Å²) in [5.41, 5.74) is 2.81. The van der Waals surface area contributed by atoms with Gasteiger partial charge in [-0.3, -0.25) is 9.69 Å². The largest absolute Gasteiger partial charge is 0.370 e. The van der Waals surface area contributed by atoms with Crippen LogP contribution in [0.15, 0.2) is 28.8 Å². The smallest absolute Gasteiger partial charge is 0.227 e. The average Bonchev–Trinajstić information content (AvgIpc) is 3.23. The van der Waals surface area contributed by atoms with Crippen LogP contribution in [-0.2, 0) is 11.2 Å². The zero-order valence-corrected chi connectivity index (χ0v) is 17.2. The summed E-state index contributed by atoms with van der Waals surface area (Å²) >= 11 is 0. The highest BCUT2D eigenvalue weighted by Crippen LogP contribution is 2.24. The molecule has 0 radical (unpaired) electrons. The van der Waals surface area contributed by atoms with Crippen molar-refractivity contribution in [1.29, 1.82) is 0 Å². The summed E-state index contributed by atoms with van der Waals surface area (Å²) in [5.74, 6) is 0.693.